The molecule has 0 saturated heterocycles. The maximum Gasteiger partial charge on any atom is 0.255 e. The van der Waals surface area contributed by atoms with Gasteiger partial charge in [0.05, 0.1) is 17.7 Å². The molecule has 0 bridgehead atoms. The number of aryl methyl sites for hydroxylation is 2. The van der Waals surface area contributed by atoms with E-state index in [9.17, 15) is 13.2 Å². The molecule has 27 heavy (non-hydrogen) atoms. The van der Waals surface area contributed by atoms with E-state index in [2.05, 4.69) is 10.0 Å². The van der Waals surface area contributed by atoms with Gasteiger partial charge >= 0.3 is 0 Å². The van der Waals surface area contributed by atoms with E-state index in [0.29, 0.717) is 11.3 Å². The van der Waals surface area contributed by atoms with E-state index in [1.807, 2.05) is 32.0 Å². The summed E-state index contributed by atoms with van der Waals surface area (Å²) in [5.74, 6) is 0.225. The van der Waals surface area contributed by atoms with Gasteiger partial charge in [0.1, 0.15) is 5.76 Å². The SMILES string of the molecule is Cc1cccc(C)c1NC(=O)c1ccc(S(=O)(=O)NCc2ccco2)cc1. The number of nitrogens with one attached hydrogen (secondary N) is 2. The summed E-state index contributed by atoms with van der Waals surface area (Å²) in [6.07, 6.45) is 1.48. The van der Waals surface area contributed by atoms with Gasteiger partial charge in [-0.1, -0.05) is 18.2 Å². The number of amides is 1. The zero-order chi connectivity index (χ0) is 19.4. The highest BCUT2D eigenvalue weighted by Crippen LogP contribution is 2.20. The van der Waals surface area contributed by atoms with Gasteiger partial charge in [-0.3, -0.25) is 4.79 Å². The molecule has 140 valence electrons. The molecular weight excluding hydrogens is 364 g/mol. The van der Waals surface area contributed by atoms with Crippen LogP contribution in [0.1, 0.15) is 27.2 Å². The molecule has 0 aliphatic rings. The van der Waals surface area contributed by atoms with Gasteiger partial charge in [-0.2, -0.15) is 0 Å². The Labute approximate surface area is 158 Å². The number of sulfonamides is 1. The van der Waals surface area contributed by atoms with Crippen molar-refractivity contribution < 1.29 is 17.6 Å². The van der Waals surface area contributed by atoms with Crippen LogP contribution in [0.15, 0.2) is 70.2 Å². The highest BCUT2D eigenvalue weighted by Gasteiger charge is 2.16. The third-order valence-corrected chi connectivity index (χ3v) is 5.58. The number of rotatable bonds is 6. The molecule has 3 aromatic rings. The van der Waals surface area contributed by atoms with Gasteiger partial charge in [0.15, 0.2) is 0 Å². The number of hydrogen-bond donors (Lipinski definition) is 2. The number of benzene rings is 2. The minimum atomic E-state index is -3.69. The molecule has 3 rings (SSSR count). The number of furan rings is 1. The second-order valence-electron chi connectivity index (χ2n) is 6.15. The van der Waals surface area contributed by atoms with E-state index < -0.39 is 10.0 Å². The lowest BCUT2D eigenvalue weighted by atomic mass is 10.1. The van der Waals surface area contributed by atoms with Crippen LogP contribution in [-0.4, -0.2) is 14.3 Å². The van der Waals surface area contributed by atoms with Gasteiger partial charge in [0, 0.05) is 11.3 Å². The lowest BCUT2D eigenvalue weighted by Gasteiger charge is -2.12. The molecule has 2 aromatic carbocycles. The van der Waals surface area contributed by atoms with Crippen molar-refractivity contribution in [1.82, 2.24) is 4.72 Å². The smallest absolute Gasteiger partial charge is 0.255 e. The molecular formula is C20H20N2O4S. The lowest BCUT2D eigenvalue weighted by Crippen LogP contribution is -2.23. The fourth-order valence-corrected chi connectivity index (χ4v) is 3.64. The molecule has 0 spiro atoms. The van der Waals surface area contributed by atoms with Crippen molar-refractivity contribution in [2.45, 2.75) is 25.3 Å². The van der Waals surface area contributed by atoms with Crippen LogP contribution in [0.2, 0.25) is 0 Å². The molecule has 0 aliphatic carbocycles. The summed E-state index contributed by atoms with van der Waals surface area (Å²) in [5.41, 5.74) is 3.07. The summed E-state index contributed by atoms with van der Waals surface area (Å²) in [6, 6.07) is 14.9. The fraction of sp³-hybridized carbons (Fsp3) is 0.150. The van der Waals surface area contributed by atoms with Gasteiger partial charge in [-0.15, -0.1) is 0 Å². The van der Waals surface area contributed by atoms with Crippen LogP contribution >= 0.6 is 0 Å². The normalized spacial score (nSPS) is 11.3. The van der Waals surface area contributed by atoms with Crippen molar-refractivity contribution in [3.8, 4) is 0 Å². The Kier molecular flexibility index (Phi) is 5.43. The topological polar surface area (TPSA) is 88.4 Å². The molecule has 2 N–H and O–H groups in total. The first-order chi connectivity index (χ1) is 12.9. The molecule has 1 amide bonds. The molecule has 0 radical (unpaired) electrons. The summed E-state index contributed by atoms with van der Waals surface area (Å²) in [4.78, 5) is 12.6. The van der Waals surface area contributed by atoms with Crippen LogP contribution in [0.4, 0.5) is 5.69 Å². The van der Waals surface area contributed by atoms with Crippen molar-refractivity contribution in [1.29, 1.82) is 0 Å². The van der Waals surface area contributed by atoms with Crippen molar-refractivity contribution in [2.75, 3.05) is 5.32 Å². The molecule has 1 aromatic heterocycles. The average Bonchev–Trinajstić information content (AvgIpc) is 3.17. The zero-order valence-electron chi connectivity index (χ0n) is 15.0. The molecule has 0 unspecified atom stereocenters. The molecule has 6 nitrogen and oxygen atoms in total. The van der Waals surface area contributed by atoms with Crippen molar-refractivity contribution in [3.05, 3.63) is 83.3 Å². The summed E-state index contributed by atoms with van der Waals surface area (Å²) in [7, 11) is -3.69. The van der Waals surface area contributed by atoms with Gasteiger partial charge in [0.25, 0.3) is 5.91 Å². The highest BCUT2D eigenvalue weighted by atomic mass is 32.2. The first-order valence-corrected chi connectivity index (χ1v) is 9.85. The van der Waals surface area contributed by atoms with Gasteiger partial charge in [0.2, 0.25) is 10.0 Å². The first-order valence-electron chi connectivity index (χ1n) is 8.36. The van der Waals surface area contributed by atoms with E-state index in [1.165, 1.54) is 30.5 Å². The first kappa shape index (κ1) is 18.9. The van der Waals surface area contributed by atoms with Crippen LogP contribution in [0.25, 0.3) is 0 Å². The van der Waals surface area contributed by atoms with Crippen LogP contribution in [0.5, 0.6) is 0 Å². The second kappa shape index (κ2) is 7.77. The molecule has 1 heterocycles. The lowest BCUT2D eigenvalue weighted by molar-refractivity contribution is 0.102. The van der Waals surface area contributed by atoms with E-state index in [4.69, 9.17) is 4.42 Å². The van der Waals surface area contributed by atoms with E-state index in [0.717, 1.165) is 16.8 Å². The molecule has 0 aliphatic heterocycles. The van der Waals surface area contributed by atoms with Crippen LogP contribution in [0, 0.1) is 13.8 Å². The van der Waals surface area contributed by atoms with Crippen molar-refractivity contribution in [2.24, 2.45) is 0 Å². The predicted molar refractivity (Wildman–Crippen MR) is 103 cm³/mol. The monoisotopic (exact) mass is 384 g/mol. The van der Waals surface area contributed by atoms with Gasteiger partial charge in [-0.05, 0) is 61.4 Å². The quantitative estimate of drug-likeness (QED) is 0.679. The third kappa shape index (κ3) is 4.45. The predicted octanol–water partition coefficient (Wildman–Crippen LogP) is 3.63. The Hall–Kier alpha value is -2.90. The average molecular weight is 384 g/mol. The summed E-state index contributed by atoms with van der Waals surface area (Å²) >= 11 is 0. The minimum Gasteiger partial charge on any atom is -0.468 e. The summed E-state index contributed by atoms with van der Waals surface area (Å²) in [6.45, 7) is 3.90. The number of hydrogen-bond acceptors (Lipinski definition) is 4. The maximum atomic E-state index is 12.5. The highest BCUT2D eigenvalue weighted by molar-refractivity contribution is 7.89. The molecule has 0 fully saturated rings. The van der Waals surface area contributed by atoms with E-state index in [-0.39, 0.29) is 17.3 Å². The standard InChI is InChI=1S/C20H20N2O4S/c1-14-5-3-6-15(2)19(14)22-20(23)16-8-10-18(11-9-16)27(24,25)21-13-17-7-4-12-26-17/h3-12,21H,13H2,1-2H3,(H,22,23). The fourth-order valence-electron chi connectivity index (χ4n) is 2.65. The summed E-state index contributed by atoms with van der Waals surface area (Å²) < 4.78 is 32.2. The molecule has 7 heteroatoms. The Morgan fingerprint density at radius 2 is 1.63 bits per heavy atom. The van der Waals surface area contributed by atoms with Crippen LogP contribution in [-0.2, 0) is 16.6 Å². The Balaban J connectivity index is 1.71. The van der Waals surface area contributed by atoms with Crippen molar-refractivity contribution >= 4 is 21.6 Å². The van der Waals surface area contributed by atoms with E-state index in [1.54, 1.807) is 12.1 Å². The summed E-state index contributed by atoms with van der Waals surface area (Å²) in [5, 5.41) is 2.88. The third-order valence-electron chi connectivity index (χ3n) is 4.16. The zero-order valence-corrected chi connectivity index (χ0v) is 15.8. The number of carbonyl (C=O) groups excluding carboxylic acids is 1. The van der Waals surface area contributed by atoms with Gasteiger partial charge in [-0.25, -0.2) is 13.1 Å². The van der Waals surface area contributed by atoms with Gasteiger partial charge < -0.3 is 9.73 Å². The number of carbonyl (C=O) groups is 1. The second-order valence-corrected chi connectivity index (χ2v) is 7.92. The van der Waals surface area contributed by atoms with Crippen molar-refractivity contribution in [3.63, 3.8) is 0 Å². The maximum absolute atomic E-state index is 12.5. The number of anilines is 1. The van der Waals surface area contributed by atoms with Crippen LogP contribution < -0.4 is 10.0 Å². The van der Waals surface area contributed by atoms with Crippen LogP contribution in [0.3, 0.4) is 0 Å². The Morgan fingerprint density at radius 3 is 2.22 bits per heavy atom. The van der Waals surface area contributed by atoms with E-state index >= 15 is 0 Å². The minimum absolute atomic E-state index is 0.0597. The largest absolute Gasteiger partial charge is 0.468 e. The Morgan fingerprint density at radius 1 is 0.963 bits per heavy atom. The molecule has 0 saturated carbocycles. The number of para-hydroxylation sites is 1. The Bertz CT molecular complexity index is 1020. The molecule has 0 atom stereocenters.